The molecule has 3 nitrogen and oxygen atoms in total. The number of imidazole rings is 1. The van der Waals surface area contributed by atoms with Crippen molar-refractivity contribution in [2.45, 2.75) is 12.0 Å². The Labute approximate surface area is 158 Å². The quantitative estimate of drug-likeness (QED) is 0.536. The highest BCUT2D eigenvalue weighted by molar-refractivity contribution is 5.71. The van der Waals surface area contributed by atoms with E-state index in [0.717, 1.165) is 23.4 Å². The second-order valence-electron chi connectivity index (χ2n) is 6.88. The SMILES string of the molecule is N#Cc1cccc([C@]2(Cc3ccccc3)c3ccccc3-c3nccn32)c1. The molecule has 0 saturated heterocycles. The molecule has 27 heavy (non-hydrogen) atoms. The zero-order valence-corrected chi connectivity index (χ0v) is 14.7. The summed E-state index contributed by atoms with van der Waals surface area (Å²) < 4.78 is 2.27. The summed E-state index contributed by atoms with van der Waals surface area (Å²) in [7, 11) is 0. The Morgan fingerprint density at radius 2 is 1.74 bits per heavy atom. The van der Waals surface area contributed by atoms with Crippen LogP contribution in [0, 0.1) is 11.3 Å². The van der Waals surface area contributed by atoms with Crippen LogP contribution >= 0.6 is 0 Å². The Morgan fingerprint density at radius 1 is 0.926 bits per heavy atom. The molecule has 1 aliphatic heterocycles. The molecule has 5 rings (SSSR count). The summed E-state index contributed by atoms with van der Waals surface area (Å²) in [6.45, 7) is 0. The fourth-order valence-corrected chi connectivity index (χ4v) is 4.29. The molecule has 0 N–H and O–H groups in total. The molecule has 0 amide bonds. The summed E-state index contributed by atoms with van der Waals surface area (Å²) >= 11 is 0. The zero-order valence-electron chi connectivity index (χ0n) is 14.7. The van der Waals surface area contributed by atoms with Crippen LogP contribution in [0.5, 0.6) is 0 Å². The van der Waals surface area contributed by atoms with E-state index < -0.39 is 5.54 Å². The average molecular weight is 347 g/mol. The molecule has 0 spiro atoms. The van der Waals surface area contributed by atoms with Crippen molar-refractivity contribution in [3.05, 3.63) is 114 Å². The van der Waals surface area contributed by atoms with Crippen LogP contribution in [-0.4, -0.2) is 9.55 Å². The van der Waals surface area contributed by atoms with Gasteiger partial charge in [-0.15, -0.1) is 0 Å². The maximum Gasteiger partial charge on any atom is 0.141 e. The van der Waals surface area contributed by atoms with Crippen molar-refractivity contribution in [3.8, 4) is 17.5 Å². The number of fused-ring (bicyclic) bond motifs is 3. The van der Waals surface area contributed by atoms with Gasteiger partial charge in [0.15, 0.2) is 0 Å². The molecule has 128 valence electrons. The third-order valence-corrected chi connectivity index (χ3v) is 5.44. The van der Waals surface area contributed by atoms with Crippen molar-refractivity contribution in [1.29, 1.82) is 5.26 Å². The van der Waals surface area contributed by atoms with Gasteiger partial charge < -0.3 is 4.57 Å². The number of hydrogen-bond donors (Lipinski definition) is 0. The minimum absolute atomic E-state index is 0.420. The van der Waals surface area contributed by atoms with Gasteiger partial charge in [0.25, 0.3) is 0 Å². The van der Waals surface area contributed by atoms with Crippen LogP contribution in [0.1, 0.15) is 22.3 Å². The molecule has 1 aliphatic rings. The summed E-state index contributed by atoms with van der Waals surface area (Å²) in [5.41, 5.74) is 4.99. The molecule has 4 aromatic rings. The minimum Gasteiger partial charge on any atom is -0.316 e. The Hall–Kier alpha value is -3.64. The van der Waals surface area contributed by atoms with E-state index in [1.165, 1.54) is 11.1 Å². The number of nitrogens with zero attached hydrogens (tertiary/aromatic N) is 3. The van der Waals surface area contributed by atoms with Gasteiger partial charge in [0, 0.05) is 24.4 Å². The standard InChI is InChI=1S/C24H17N3/c25-17-19-9-6-10-20(15-19)24(16-18-7-2-1-3-8-18)22-12-5-4-11-21(22)23-26-13-14-27(23)24/h1-15H,16H2/t24-/m1/s1. The fourth-order valence-electron chi connectivity index (χ4n) is 4.29. The lowest BCUT2D eigenvalue weighted by atomic mass is 9.77. The summed E-state index contributed by atoms with van der Waals surface area (Å²) in [6.07, 6.45) is 4.71. The van der Waals surface area contributed by atoms with Gasteiger partial charge in [0.05, 0.1) is 11.6 Å². The molecule has 3 aromatic carbocycles. The molecule has 1 aromatic heterocycles. The van der Waals surface area contributed by atoms with Crippen LogP contribution in [0.2, 0.25) is 0 Å². The lowest BCUT2D eigenvalue weighted by Crippen LogP contribution is -2.35. The van der Waals surface area contributed by atoms with Crippen molar-refractivity contribution in [2.24, 2.45) is 0 Å². The fraction of sp³-hybridized carbons (Fsp3) is 0.0833. The van der Waals surface area contributed by atoms with Gasteiger partial charge in [-0.05, 0) is 28.8 Å². The number of rotatable bonds is 3. The van der Waals surface area contributed by atoms with Gasteiger partial charge in [0.2, 0.25) is 0 Å². The van der Waals surface area contributed by atoms with E-state index in [-0.39, 0.29) is 0 Å². The Balaban J connectivity index is 1.84. The van der Waals surface area contributed by atoms with E-state index in [2.05, 4.69) is 76.4 Å². The van der Waals surface area contributed by atoms with E-state index in [0.29, 0.717) is 5.56 Å². The summed E-state index contributed by atoms with van der Waals surface area (Å²) in [6, 6.07) is 29.2. The van der Waals surface area contributed by atoms with Crippen LogP contribution in [-0.2, 0) is 12.0 Å². The summed E-state index contributed by atoms with van der Waals surface area (Å²) in [5.74, 6) is 0.976. The Morgan fingerprint density at radius 3 is 2.59 bits per heavy atom. The monoisotopic (exact) mass is 347 g/mol. The molecule has 0 radical (unpaired) electrons. The largest absolute Gasteiger partial charge is 0.316 e. The highest BCUT2D eigenvalue weighted by Gasteiger charge is 2.44. The normalized spacial score (nSPS) is 17.1. The predicted octanol–water partition coefficient (Wildman–Crippen LogP) is 4.77. The van der Waals surface area contributed by atoms with E-state index in [9.17, 15) is 5.26 Å². The lowest BCUT2D eigenvalue weighted by molar-refractivity contribution is 0.450. The topological polar surface area (TPSA) is 41.6 Å². The van der Waals surface area contributed by atoms with Crippen molar-refractivity contribution in [2.75, 3.05) is 0 Å². The van der Waals surface area contributed by atoms with Crippen LogP contribution in [0.15, 0.2) is 91.3 Å². The number of hydrogen-bond acceptors (Lipinski definition) is 2. The van der Waals surface area contributed by atoms with Crippen LogP contribution in [0.3, 0.4) is 0 Å². The van der Waals surface area contributed by atoms with E-state index in [4.69, 9.17) is 0 Å². The molecule has 0 bridgehead atoms. The number of aromatic nitrogens is 2. The summed E-state index contributed by atoms with van der Waals surface area (Å²) in [5, 5.41) is 9.46. The van der Waals surface area contributed by atoms with Gasteiger partial charge in [-0.2, -0.15) is 5.26 Å². The van der Waals surface area contributed by atoms with E-state index in [1.807, 2.05) is 30.5 Å². The molecule has 3 heteroatoms. The smallest absolute Gasteiger partial charge is 0.141 e. The molecular formula is C24H17N3. The highest BCUT2D eigenvalue weighted by atomic mass is 15.2. The highest BCUT2D eigenvalue weighted by Crippen LogP contribution is 2.48. The van der Waals surface area contributed by atoms with Crippen LogP contribution in [0.25, 0.3) is 11.4 Å². The average Bonchev–Trinajstić information content (AvgIpc) is 3.31. The lowest BCUT2D eigenvalue weighted by Gasteiger charge is -2.34. The second-order valence-corrected chi connectivity index (χ2v) is 6.88. The Kier molecular flexibility index (Phi) is 3.45. The minimum atomic E-state index is -0.420. The molecular weight excluding hydrogens is 330 g/mol. The molecule has 0 saturated carbocycles. The van der Waals surface area contributed by atoms with Gasteiger partial charge in [-0.3, -0.25) is 0 Å². The first kappa shape index (κ1) is 15.6. The van der Waals surface area contributed by atoms with E-state index >= 15 is 0 Å². The maximum atomic E-state index is 9.46. The maximum absolute atomic E-state index is 9.46. The van der Waals surface area contributed by atoms with Crippen molar-refractivity contribution in [1.82, 2.24) is 9.55 Å². The molecule has 0 fully saturated rings. The first-order valence-corrected chi connectivity index (χ1v) is 9.01. The molecule has 2 heterocycles. The molecule has 0 aliphatic carbocycles. The first-order chi connectivity index (χ1) is 13.3. The third-order valence-electron chi connectivity index (χ3n) is 5.44. The first-order valence-electron chi connectivity index (χ1n) is 9.01. The van der Waals surface area contributed by atoms with Crippen LogP contribution < -0.4 is 0 Å². The Bertz CT molecular complexity index is 1170. The van der Waals surface area contributed by atoms with Crippen LogP contribution in [0.4, 0.5) is 0 Å². The number of benzene rings is 3. The molecule has 0 unspecified atom stereocenters. The summed E-state index contributed by atoms with van der Waals surface area (Å²) in [4.78, 5) is 4.64. The van der Waals surface area contributed by atoms with Gasteiger partial charge in [0.1, 0.15) is 11.4 Å². The predicted molar refractivity (Wildman–Crippen MR) is 105 cm³/mol. The van der Waals surface area contributed by atoms with Gasteiger partial charge in [-0.1, -0.05) is 66.7 Å². The van der Waals surface area contributed by atoms with Crippen molar-refractivity contribution in [3.63, 3.8) is 0 Å². The van der Waals surface area contributed by atoms with Crippen molar-refractivity contribution < 1.29 is 0 Å². The second kappa shape index (κ2) is 5.96. The zero-order chi connectivity index (χ0) is 18.3. The van der Waals surface area contributed by atoms with Crippen molar-refractivity contribution >= 4 is 0 Å². The van der Waals surface area contributed by atoms with E-state index in [1.54, 1.807) is 0 Å². The number of nitriles is 1. The molecule has 1 atom stereocenters. The van der Waals surface area contributed by atoms with Gasteiger partial charge >= 0.3 is 0 Å². The van der Waals surface area contributed by atoms with Gasteiger partial charge in [-0.25, -0.2) is 4.98 Å². The third kappa shape index (κ3) is 2.24.